The summed E-state index contributed by atoms with van der Waals surface area (Å²) in [5.41, 5.74) is 1.01. The minimum absolute atomic E-state index is 0.0240. The Hall–Kier alpha value is -2.38. The fourth-order valence-electron chi connectivity index (χ4n) is 3.35. The molecule has 4 rings (SSSR count). The number of ether oxygens (including phenoxy) is 1. The largest absolute Gasteiger partial charge is 0.492 e. The van der Waals surface area contributed by atoms with E-state index in [0.29, 0.717) is 29.3 Å². The molecule has 0 saturated heterocycles. The number of hydrogen-bond donors (Lipinski definition) is 0. The fourth-order valence-corrected chi connectivity index (χ4v) is 4.70. The lowest BCUT2D eigenvalue weighted by Gasteiger charge is -2.18. The summed E-state index contributed by atoms with van der Waals surface area (Å²) in [6, 6.07) is 7.07. The van der Waals surface area contributed by atoms with Gasteiger partial charge in [0.2, 0.25) is 5.91 Å². The lowest BCUT2D eigenvalue weighted by molar-refractivity contribution is -0.130. The number of carbonyl (C=O) groups is 1. The highest BCUT2D eigenvalue weighted by molar-refractivity contribution is 7.18. The molecule has 2 aromatic heterocycles. The molecular formula is C20H20ClN3O3S. The van der Waals surface area contributed by atoms with Crippen LogP contribution in [0.5, 0.6) is 5.75 Å². The molecule has 0 aliphatic heterocycles. The van der Waals surface area contributed by atoms with E-state index < -0.39 is 0 Å². The quantitative estimate of drug-likeness (QED) is 0.618. The van der Waals surface area contributed by atoms with Gasteiger partial charge in [-0.2, -0.15) is 0 Å². The molecule has 0 unspecified atom stereocenters. The van der Waals surface area contributed by atoms with Gasteiger partial charge in [-0.15, -0.1) is 11.3 Å². The van der Waals surface area contributed by atoms with Crippen LogP contribution in [-0.2, 0) is 24.2 Å². The Bertz CT molecular complexity index is 1070. The van der Waals surface area contributed by atoms with Gasteiger partial charge in [-0.25, -0.2) is 4.98 Å². The van der Waals surface area contributed by atoms with Gasteiger partial charge in [0.25, 0.3) is 5.56 Å². The topological polar surface area (TPSA) is 64.4 Å². The van der Waals surface area contributed by atoms with Crippen molar-refractivity contribution in [1.82, 2.24) is 14.5 Å². The molecule has 28 heavy (non-hydrogen) atoms. The summed E-state index contributed by atoms with van der Waals surface area (Å²) < 4.78 is 7.03. The first-order chi connectivity index (χ1) is 13.5. The van der Waals surface area contributed by atoms with Crippen molar-refractivity contribution in [2.75, 3.05) is 20.2 Å². The third kappa shape index (κ3) is 3.77. The second kappa shape index (κ2) is 7.93. The van der Waals surface area contributed by atoms with Gasteiger partial charge < -0.3 is 9.64 Å². The number of aryl methyl sites for hydroxylation is 2. The smallest absolute Gasteiger partial charge is 0.262 e. The zero-order chi connectivity index (χ0) is 19.7. The van der Waals surface area contributed by atoms with Crippen LogP contribution in [-0.4, -0.2) is 40.6 Å². The van der Waals surface area contributed by atoms with Crippen molar-refractivity contribution in [3.8, 4) is 5.75 Å². The van der Waals surface area contributed by atoms with E-state index in [0.717, 1.165) is 29.7 Å². The van der Waals surface area contributed by atoms with Gasteiger partial charge >= 0.3 is 0 Å². The van der Waals surface area contributed by atoms with E-state index in [1.54, 1.807) is 47.5 Å². The number of nitrogens with zero attached hydrogens (tertiary/aromatic N) is 3. The SMILES string of the molecule is CN(CCOc1ccc(Cl)cc1)C(=O)Cn1cnc2sc3c(c2c1=O)CCC3. The van der Waals surface area contributed by atoms with Crippen LogP contribution in [0.25, 0.3) is 10.2 Å². The predicted molar refractivity (Wildman–Crippen MR) is 110 cm³/mol. The van der Waals surface area contributed by atoms with E-state index in [1.807, 2.05) is 0 Å². The Morgan fingerprint density at radius 2 is 2.11 bits per heavy atom. The average Bonchev–Trinajstić information content (AvgIpc) is 3.26. The molecule has 1 amide bonds. The van der Waals surface area contributed by atoms with Crippen LogP contribution < -0.4 is 10.3 Å². The molecule has 0 bridgehead atoms. The number of halogens is 1. The Morgan fingerprint density at radius 3 is 2.89 bits per heavy atom. The molecule has 1 aromatic carbocycles. The van der Waals surface area contributed by atoms with E-state index in [9.17, 15) is 9.59 Å². The van der Waals surface area contributed by atoms with E-state index in [4.69, 9.17) is 16.3 Å². The molecule has 0 radical (unpaired) electrons. The van der Waals surface area contributed by atoms with Gasteiger partial charge in [0.1, 0.15) is 23.7 Å². The second-order valence-corrected chi connectivity index (χ2v) is 8.35. The molecule has 0 spiro atoms. The van der Waals surface area contributed by atoms with Crippen LogP contribution in [0, 0.1) is 0 Å². The molecule has 0 N–H and O–H groups in total. The molecule has 8 heteroatoms. The Morgan fingerprint density at radius 1 is 1.32 bits per heavy atom. The summed E-state index contributed by atoms with van der Waals surface area (Å²) in [7, 11) is 1.70. The highest BCUT2D eigenvalue weighted by Gasteiger charge is 2.22. The molecule has 1 aliphatic carbocycles. The molecular weight excluding hydrogens is 398 g/mol. The van der Waals surface area contributed by atoms with Gasteiger partial charge in [0, 0.05) is 16.9 Å². The molecule has 1 aliphatic rings. The Labute approximate surface area is 171 Å². The normalized spacial score (nSPS) is 12.9. The summed E-state index contributed by atoms with van der Waals surface area (Å²) in [4.78, 5) is 33.4. The maximum Gasteiger partial charge on any atom is 0.262 e. The molecule has 3 aromatic rings. The third-order valence-corrected chi connectivity index (χ3v) is 6.38. The van der Waals surface area contributed by atoms with Crippen molar-refractivity contribution in [3.63, 3.8) is 0 Å². The van der Waals surface area contributed by atoms with Crippen molar-refractivity contribution in [3.05, 3.63) is 56.4 Å². The molecule has 0 fully saturated rings. The van der Waals surface area contributed by atoms with E-state index in [-0.39, 0.29) is 18.0 Å². The zero-order valence-electron chi connectivity index (χ0n) is 15.5. The summed E-state index contributed by atoms with van der Waals surface area (Å²) in [5.74, 6) is 0.539. The number of fused-ring (bicyclic) bond motifs is 3. The number of thiophene rings is 1. The summed E-state index contributed by atoms with van der Waals surface area (Å²) in [6.45, 7) is 0.748. The summed E-state index contributed by atoms with van der Waals surface area (Å²) >= 11 is 7.45. The third-order valence-electron chi connectivity index (χ3n) is 4.93. The highest BCUT2D eigenvalue weighted by atomic mass is 35.5. The molecule has 0 saturated carbocycles. The number of benzene rings is 1. The van der Waals surface area contributed by atoms with E-state index >= 15 is 0 Å². The summed E-state index contributed by atoms with van der Waals surface area (Å²) in [6.07, 6.45) is 4.50. The standard InChI is InChI=1S/C20H20ClN3O3S/c1-23(9-10-27-14-7-5-13(21)6-8-14)17(25)11-24-12-22-19-18(20(24)26)15-3-2-4-16(15)28-19/h5-8,12H,2-4,9-11H2,1H3. The lowest BCUT2D eigenvalue weighted by Crippen LogP contribution is -2.36. The van der Waals surface area contributed by atoms with Crippen LogP contribution in [0.1, 0.15) is 16.9 Å². The molecule has 146 valence electrons. The number of rotatable bonds is 6. The van der Waals surface area contributed by atoms with Crippen molar-refractivity contribution in [1.29, 1.82) is 0 Å². The number of carbonyl (C=O) groups excluding carboxylic acids is 1. The van der Waals surface area contributed by atoms with Crippen LogP contribution >= 0.6 is 22.9 Å². The maximum atomic E-state index is 12.9. The second-order valence-electron chi connectivity index (χ2n) is 6.83. The predicted octanol–water partition coefficient (Wildman–Crippen LogP) is 3.14. The van der Waals surface area contributed by atoms with Crippen molar-refractivity contribution in [2.45, 2.75) is 25.8 Å². The first kappa shape index (κ1) is 19.0. The zero-order valence-corrected chi connectivity index (χ0v) is 17.1. The summed E-state index contributed by atoms with van der Waals surface area (Å²) in [5, 5.41) is 1.34. The Kier molecular flexibility index (Phi) is 5.37. The van der Waals surface area contributed by atoms with Gasteiger partial charge in [-0.05, 0) is 49.1 Å². The number of hydrogen-bond acceptors (Lipinski definition) is 5. The van der Waals surface area contributed by atoms with Crippen LogP contribution in [0.4, 0.5) is 0 Å². The van der Waals surface area contributed by atoms with Crippen LogP contribution in [0.2, 0.25) is 5.02 Å². The first-order valence-corrected chi connectivity index (χ1v) is 10.3. The van der Waals surface area contributed by atoms with Gasteiger partial charge in [0.05, 0.1) is 18.3 Å². The highest BCUT2D eigenvalue weighted by Crippen LogP contribution is 2.34. The number of amides is 1. The monoisotopic (exact) mass is 417 g/mol. The van der Waals surface area contributed by atoms with Crippen LogP contribution in [0.15, 0.2) is 35.4 Å². The fraction of sp³-hybridized carbons (Fsp3) is 0.350. The van der Waals surface area contributed by atoms with Crippen LogP contribution in [0.3, 0.4) is 0 Å². The minimum atomic E-state index is -0.158. The van der Waals surface area contributed by atoms with Crippen molar-refractivity contribution < 1.29 is 9.53 Å². The number of likely N-dealkylation sites (N-methyl/N-ethyl adjacent to an activating group) is 1. The molecule has 0 atom stereocenters. The molecule has 2 heterocycles. The number of aromatic nitrogens is 2. The van der Waals surface area contributed by atoms with Crippen molar-refractivity contribution >= 4 is 39.1 Å². The van der Waals surface area contributed by atoms with E-state index in [2.05, 4.69) is 4.98 Å². The van der Waals surface area contributed by atoms with Gasteiger partial charge in [-0.3, -0.25) is 14.2 Å². The average molecular weight is 418 g/mol. The first-order valence-electron chi connectivity index (χ1n) is 9.15. The minimum Gasteiger partial charge on any atom is -0.492 e. The Balaban J connectivity index is 1.39. The maximum absolute atomic E-state index is 12.9. The van der Waals surface area contributed by atoms with E-state index in [1.165, 1.54) is 15.8 Å². The molecule has 6 nitrogen and oxygen atoms in total. The van der Waals surface area contributed by atoms with Crippen molar-refractivity contribution in [2.24, 2.45) is 0 Å². The lowest BCUT2D eigenvalue weighted by atomic mass is 10.2. The van der Waals surface area contributed by atoms with Gasteiger partial charge in [0.15, 0.2) is 0 Å². The van der Waals surface area contributed by atoms with Gasteiger partial charge in [-0.1, -0.05) is 11.6 Å².